The van der Waals surface area contributed by atoms with E-state index in [-0.39, 0.29) is 12.1 Å². The van der Waals surface area contributed by atoms with Crippen molar-refractivity contribution in [1.29, 1.82) is 0 Å². The fourth-order valence-corrected chi connectivity index (χ4v) is 6.82. The van der Waals surface area contributed by atoms with E-state index >= 15 is 0 Å². The van der Waals surface area contributed by atoms with E-state index < -0.39 is 7.05 Å². The summed E-state index contributed by atoms with van der Waals surface area (Å²) in [5.74, 6) is 2.43. The molecule has 0 spiro atoms. The van der Waals surface area contributed by atoms with E-state index in [4.69, 9.17) is 9.47 Å². The van der Waals surface area contributed by atoms with E-state index in [9.17, 15) is 9.82 Å². The molecule has 2 aliphatic rings. The Labute approximate surface area is 262 Å². The summed E-state index contributed by atoms with van der Waals surface area (Å²) in [4.78, 5) is 15.7. The fourth-order valence-electron chi connectivity index (χ4n) is 6.82. The highest BCUT2D eigenvalue weighted by Gasteiger charge is 2.32. The van der Waals surface area contributed by atoms with Crippen molar-refractivity contribution in [2.75, 3.05) is 20.2 Å². The third kappa shape index (κ3) is 6.63. The molecule has 0 bridgehead atoms. The SMILES string of the molecule is COc1ccc2c(c1)CCN([B]C=O)[C@@H]2Cc1ccc(Oc2ccc(C[C@@H]3c4ccc(C)cc4CCN3B(C)O)cc2)cc1. The number of ether oxygens (including phenoxy) is 2. The van der Waals surface area contributed by atoms with Gasteiger partial charge < -0.3 is 28.9 Å². The van der Waals surface area contributed by atoms with Crippen molar-refractivity contribution in [2.24, 2.45) is 0 Å². The minimum atomic E-state index is -0.498. The molecule has 0 unspecified atom stereocenters. The first kappa shape index (κ1) is 30.2. The van der Waals surface area contributed by atoms with Gasteiger partial charge in [-0.1, -0.05) is 54.1 Å². The molecule has 1 N–H and O–H groups in total. The lowest BCUT2D eigenvalue weighted by Crippen LogP contribution is -2.45. The number of rotatable bonds is 10. The van der Waals surface area contributed by atoms with Crippen molar-refractivity contribution in [3.63, 3.8) is 0 Å². The van der Waals surface area contributed by atoms with Gasteiger partial charge in [0, 0.05) is 12.1 Å². The van der Waals surface area contributed by atoms with E-state index in [2.05, 4.69) is 71.1 Å². The molecule has 44 heavy (non-hydrogen) atoms. The summed E-state index contributed by atoms with van der Waals surface area (Å²) in [5.41, 5.74) is 8.87. The molecule has 8 heteroatoms. The number of aryl methyl sites for hydroxylation is 1. The maximum absolute atomic E-state index is 11.4. The number of hydrogen-bond donors (Lipinski definition) is 1. The number of methoxy groups -OCH3 is 1. The van der Waals surface area contributed by atoms with E-state index in [1.807, 2.05) is 37.2 Å². The fraction of sp³-hybridized carbons (Fsp3) is 0.306. The Balaban J connectivity index is 1.12. The van der Waals surface area contributed by atoms with E-state index in [1.165, 1.54) is 38.9 Å². The van der Waals surface area contributed by atoms with Crippen molar-refractivity contribution in [1.82, 2.24) is 9.62 Å². The average molecular weight is 585 g/mol. The standard InChI is InChI=1S/C36H39B2N2O4/c1-25-4-14-34-28(20-25)17-19-40(38(2)42)36(34)22-27-7-11-31(12-8-27)44-30-9-5-26(6-10-30)21-35-33-15-13-32(43-3)23-29(33)16-18-39(35)37-24-41/h4-15,20,23-24,35-36,42H,16-19,21-22H2,1-3H3/t35-,36-/m1/s1. The second-order valence-corrected chi connectivity index (χ2v) is 12.0. The number of fused-ring (bicyclic) bond motifs is 2. The Kier molecular flexibility index (Phi) is 9.22. The van der Waals surface area contributed by atoms with Crippen LogP contribution in [0, 0.1) is 6.92 Å². The normalized spacial score (nSPS) is 18.2. The first-order valence-electron chi connectivity index (χ1n) is 15.5. The van der Waals surface area contributed by atoms with Crippen LogP contribution in [0.25, 0.3) is 0 Å². The minimum absolute atomic E-state index is 0.0825. The highest BCUT2D eigenvalue weighted by molar-refractivity contribution is 6.64. The van der Waals surface area contributed by atoms with Crippen LogP contribution in [0.2, 0.25) is 6.82 Å². The zero-order chi connectivity index (χ0) is 30.6. The Morgan fingerprint density at radius 3 is 2.02 bits per heavy atom. The van der Waals surface area contributed by atoms with Gasteiger partial charge in [-0.05, 0) is 122 Å². The van der Waals surface area contributed by atoms with Gasteiger partial charge in [0.2, 0.25) is 0 Å². The number of carbonyl (C=O) groups is 1. The monoisotopic (exact) mass is 585 g/mol. The molecule has 2 heterocycles. The largest absolute Gasteiger partial charge is 0.497 e. The predicted octanol–water partition coefficient (Wildman–Crippen LogP) is 6.00. The molecule has 0 aliphatic carbocycles. The zero-order valence-corrected chi connectivity index (χ0v) is 25.8. The smallest absolute Gasteiger partial charge is 0.376 e. The van der Waals surface area contributed by atoms with Gasteiger partial charge in [0.15, 0.2) is 0 Å². The molecule has 0 fully saturated rings. The third-order valence-corrected chi connectivity index (χ3v) is 9.12. The summed E-state index contributed by atoms with van der Waals surface area (Å²) >= 11 is 0. The number of benzene rings is 4. The lowest BCUT2D eigenvalue weighted by Gasteiger charge is -2.38. The molecule has 6 nitrogen and oxygen atoms in total. The van der Waals surface area contributed by atoms with E-state index in [0.717, 1.165) is 62.2 Å². The topological polar surface area (TPSA) is 62.2 Å². The summed E-state index contributed by atoms with van der Waals surface area (Å²) in [6, 6.07) is 29.7. The molecule has 0 amide bonds. The molecule has 4 aromatic rings. The van der Waals surface area contributed by atoms with Crippen LogP contribution in [0.4, 0.5) is 0 Å². The Morgan fingerprint density at radius 1 is 0.818 bits per heavy atom. The van der Waals surface area contributed by atoms with Crippen LogP contribution < -0.4 is 9.47 Å². The maximum atomic E-state index is 11.4. The summed E-state index contributed by atoms with van der Waals surface area (Å²) < 4.78 is 11.6. The molecule has 1 radical (unpaired) electrons. The van der Waals surface area contributed by atoms with Gasteiger partial charge in [-0.15, -0.1) is 0 Å². The van der Waals surface area contributed by atoms with Gasteiger partial charge >= 0.3 is 7.05 Å². The quantitative estimate of drug-likeness (QED) is 0.182. The molecule has 2 aliphatic heterocycles. The lowest BCUT2D eigenvalue weighted by molar-refractivity contribution is 0.271. The van der Waals surface area contributed by atoms with E-state index in [0.29, 0.717) is 0 Å². The molecule has 2 atom stereocenters. The zero-order valence-electron chi connectivity index (χ0n) is 25.8. The van der Waals surface area contributed by atoms with Gasteiger partial charge in [0.05, 0.1) is 13.3 Å². The minimum Gasteiger partial charge on any atom is -0.497 e. The van der Waals surface area contributed by atoms with Gasteiger partial charge in [-0.2, -0.15) is 0 Å². The van der Waals surface area contributed by atoms with Crippen LogP contribution in [-0.2, 0) is 30.5 Å². The van der Waals surface area contributed by atoms with Gasteiger partial charge in [0.1, 0.15) is 17.2 Å². The second-order valence-electron chi connectivity index (χ2n) is 12.0. The number of carbonyl (C=O) groups excluding carboxylic acids is 1. The van der Waals surface area contributed by atoms with Crippen molar-refractivity contribution < 1.29 is 19.3 Å². The van der Waals surface area contributed by atoms with Crippen molar-refractivity contribution in [3.05, 3.63) is 124 Å². The maximum Gasteiger partial charge on any atom is 0.376 e. The first-order chi connectivity index (χ1) is 21.4. The van der Waals surface area contributed by atoms with Crippen LogP contribution in [0.3, 0.4) is 0 Å². The molecule has 223 valence electrons. The van der Waals surface area contributed by atoms with Crippen LogP contribution >= 0.6 is 0 Å². The molecule has 6 rings (SSSR count). The molecule has 0 saturated carbocycles. The van der Waals surface area contributed by atoms with Gasteiger partial charge in [0.25, 0.3) is 7.41 Å². The molecule has 0 aromatic heterocycles. The van der Waals surface area contributed by atoms with Crippen LogP contribution in [0.5, 0.6) is 17.2 Å². The molecular formula is C36H39B2N2O4. The first-order valence-corrected chi connectivity index (χ1v) is 15.5. The van der Waals surface area contributed by atoms with Gasteiger partial charge in [-0.25, -0.2) is 0 Å². The Bertz CT molecular complexity index is 1590. The summed E-state index contributed by atoms with van der Waals surface area (Å²) in [6.07, 6.45) is 4.33. The molecular weight excluding hydrogens is 546 g/mol. The van der Waals surface area contributed by atoms with Crippen LogP contribution in [-0.4, -0.2) is 55.5 Å². The molecule has 4 aromatic carbocycles. The number of hydrogen-bond acceptors (Lipinski definition) is 6. The highest BCUT2D eigenvalue weighted by Crippen LogP contribution is 2.36. The Morgan fingerprint density at radius 2 is 1.39 bits per heavy atom. The lowest BCUT2D eigenvalue weighted by atomic mass is 9.76. The highest BCUT2D eigenvalue weighted by atomic mass is 16.5. The summed E-state index contributed by atoms with van der Waals surface area (Å²) in [7, 11) is 2.85. The van der Waals surface area contributed by atoms with Crippen molar-refractivity contribution >= 4 is 20.7 Å². The third-order valence-electron chi connectivity index (χ3n) is 9.12. The second kappa shape index (κ2) is 13.4. The van der Waals surface area contributed by atoms with E-state index in [1.54, 1.807) is 14.5 Å². The van der Waals surface area contributed by atoms with Gasteiger partial charge in [-0.3, -0.25) is 0 Å². The predicted molar refractivity (Wildman–Crippen MR) is 177 cm³/mol. The Hall–Kier alpha value is -3.84. The van der Waals surface area contributed by atoms with Crippen LogP contribution in [0.15, 0.2) is 84.9 Å². The average Bonchev–Trinajstić information content (AvgIpc) is 3.03. The van der Waals surface area contributed by atoms with Crippen molar-refractivity contribution in [2.45, 2.75) is 51.5 Å². The molecule has 0 saturated heterocycles. The van der Waals surface area contributed by atoms with Crippen molar-refractivity contribution in [3.8, 4) is 17.2 Å². The van der Waals surface area contributed by atoms with Crippen LogP contribution in [0.1, 0.15) is 51.0 Å². The summed E-state index contributed by atoms with van der Waals surface area (Å²) in [6.45, 7) is 5.65. The summed E-state index contributed by atoms with van der Waals surface area (Å²) in [5, 5.41) is 10.5. The number of nitrogens with zero attached hydrogens (tertiary/aromatic N) is 2.